The molecule has 0 heterocycles. The third-order valence-corrected chi connectivity index (χ3v) is 3.70. The third-order valence-electron chi connectivity index (χ3n) is 3.06. The molecule has 0 saturated heterocycles. The van der Waals surface area contributed by atoms with Crippen molar-refractivity contribution in [3.05, 3.63) is 52.5 Å². The van der Waals surface area contributed by atoms with Gasteiger partial charge in [0.15, 0.2) is 0 Å². The topological polar surface area (TPSA) is 62.3 Å². The highest BCUT2D eigenvalue weighted by molar-refractivity contribution is 9.10. The Morgan fingerprint density at radius 1 is 1.25 bits per heavy atom. The second-order valence-electron chi connectivity index (χ2n) is 4.34. The van der Waals surface area contributed by atoms with Crippen LogP contribution in [0.1, 0.15) is 5.56 Å². The molecule has 0 aliphatic carbocycles. The van der Waals surface area contributed by atoms with E-state index in [1.54, 1.807) is 7.11 Å². The molecule has 0 spiro atoms. The SMILES string of the molecule is COc1cccc(N(C)c2ccc(C(=N)N)cc2Br)c1. The third kappa shape index (κ3) is 2.93. The van der Waals surface area contributed by atoms with Gasteiger partial charge in [-0.2, -0.15) is 0 Å². The van der Waals surface area contributed by atoms with Gasteiger partial charge in [0.1, 0.15) is 11.6 Å². The lowest BCUT2D eigenvalue weighted by Gasteiger charge is -2.22. The molecule has 0 radical (unpaired) electrons. The van der Waals surface area contributed by atoms with Crippen LogP contribution >= 0.6 is 15.9 Å². The highest BCUT2D eigenvalue weighted by Gasteiger charge is 2.10. The molecule has 0 saturated carbocycles. The molecule has 0 atom stereocenters. The molecular formula is C15H16BrN3O. The number of nitrogen functional groups attached to an aromatic ring is 1. The number of hydrogen-bond donors (Lipinski definition) is 2. The minimum Gasteiger partial charge on any atom is -0.497 e. The zero-order valence-corrected chi connectivity index (χ0v) is 12.9. The first-order valence-corrected chi connectivity index (χ1v) is 6.84. The van der Waals surface area contributed by atoms with E-state index >= 15 is 0 Å². The summed E-state index contributed by atoms with van der Waals surface area (Å²) in [6.07, 6.45) is 0. The Balaban J connectivity index is 2.37. The monoisotopic (exact) mass is 333 g/mol. The summed E-state index contributed by atoms with van der Waals surface area (Å²) in [6.45, 7) is 0. The molecule has 0 bridgehead atoms. The number of hydrogen-bond acceptors (Lipinski definition) is 3. The van der Waals surface area contributed by atoms with Crippen molar-refractivity contribution in [3.63, 3.8) is 0 Å². The van der Waals surface area contributed by atoms with E-state index in [-0.39, 0.29) is 5.84 Å². The van der Waals surface area contributed by atoms with Gasteiger partial charge in [0.25, 0.3) is 0 Å². The van der Waals surface area contributed by atoms with E-state index in [1.165, 1.54) is 0 Å². The number of nitrogens with one attached hydrogen (secondary N) is 1. The van der Waals surface area contributed by atoms with E-state index in [9.17, 15) is 0 Å². The summed E-state index contributed by atoms with van der Waals surface area (Å²) >= 11 is 3.52. The van der Waals surface area contributed by atoms with Crippen molar-refractivity contribution in [2.75, 3.05) is 19.1 Å². The molecule has 2 rings (SSSR count). The summed E-state index contributed by atoms with van der Waals surface area (Å²) in [5, 5.41) is 7.45. The molecule has 0 fully saturated rings. The molecule has 2 aromatic carbocycles. The molecule has 0 aromatic heterocycles. The van der Waals surface area contributed by atoms with Gasteiger partial charge in [0.05, 0.1) is 12.8 Å². The van der Waals surface area contributed by atoms with E-state index < -0.39 is 0 Å². The Kier molecular flexibility index (Phi) is 4.29. The van der Waals surface area contributed by atoms with Crippen LogP contribution < -0.4 is 15.4 Å². The van der Waals surface area contributed by atoms with Crippen LogP contribution in [0.5, 0.6) is 5.75 Å². The predicted molar refractivity (Wildman–Crippen MR) is 86.2 cm³/mol. The van der Waals surface area contributed by atoms with Crippen LogP contribution in [0.15, 0.2) is 46.9 Å². The van der Waals surface area contributed by atoms with Crippen molar-refractivity contribution in [2.45, 2.75) is 0 Å². The standard InChI is InChI=1S/C15H16BrN3O/c1-19(11-4-3-5-12(9-11)20-2)14-7-6-10(15(17)18)8-13(14)16/h3-9H,1-2H3,(H3,17,18). The molecule has 0 aliphatic heterocycles. The number of ether oxygens (including phenoxy) is 1. The van der Waals surface area contributed by atoms with Crippen LogP contribution in [-0.2, 0) is 0 Å². The maximum absolute atomic E-state index is 7.45. The molecule has 104 valence electrons. The first-order chi connectivity index (χ1) is 9.52. The Morgan fingerprint density at radius 2 is 2.00 bits per heavy atom. The van der Waals surface area contributed by atoms with Crippen molar-refractivity contribution in [1.29, 1.82) is 5.41 Å². The summed E-state index contributed by atoms with van der Waals surface area (Å²) < 4.78 is 6.12. The number of nitrogens with two attached hydrogens (primary N) is 1. The number of benzene rings is 2. The number of halogens is 1. The van der Waals surface area contributed by atoms with E-state index in [1.807, 2.05) is 54.4 Å². The zero-order chi connectivity index (χ0) is 14.7. The van der Waals surface area contributed by atoms with E-state index in [0.717, 1.165) is 21.6 Å². The molecule has 0 unspecified atom stereocenters. The first kappa shape index (κ1) is 14.4. The predicted octanol–water partition coefficient (Wildman–Crippen LogP) is 3.51. The van der Waals surface area contributed by atoms with Crippen LogP contribution in [0.25, 0.3) is 0 Å². The number of anilines is 2. The largest absolute Gasteiger partial charge is 0.497 e. The van der Waals surface area contributed by atoms with E-state index in [2.05, 4.69) is 15.9 Å². The molecular weight excluding hydrogens is 318 g/mol. The molecule has 4 nitrogen and oxygen atoms in total. The molecule has 20 heavy (non-hydrogen) atoms. The minimum atomic E-state index is 0.0567. The fourth-order valence-electron chi connectivity index (χ4n) is 1.90. The zero-order valence-electron chi connectivity index (χ0n) is 11.4. The van der Waals surface area contributed by atoms with Crippen molar-refractivity contribution < 1.29 is 4.74 Å². The second-order valence-corrected chi connectivity index (χ2v) is 5.19. The number of nitrogens with zero attached hydrogens (tertiary/aromatic N) is 1. The Hall–Kier alpha value is -2.01. The van der Waals surface area contributed by atoms with Crippen molar-refractivity contribution >= 4 is 33.1 Å². The fourth-order valence-corrected chi connectivity index (χ4v) is 2.55. The summed E-state index contributed by atoms with van der Waals surface area (Å²) in [6, 6.07) is 13.4. The maximum Gasteiger partial charge on any atom is 0.122 e. The van der Waals surface area contributed by atoms with Gasteiger partial charge in [-0.3, -0.25) is 5.41 Å². The molecule has 5 heteroatoms. The lowest BCUT2D eigenvalue weighted by Crippen LogP contribution is -2.13. The number of methoxy groups -OCH3 is 1. The van der Waals surface area contributed by atoms with E-state index in [0.29, 0.717) is 5.56 Å². The summed E-state index contributed by atoms with van der Waals surface area (Å²) in [4.78, 5) is 2.04. The Labute approximate surface area is 126 Å². The van der Waals surface area contributed by atoms with Gasteiger partial charge < -0.3 is 15.4 Å². The van der Waals surface area contributed by atoms with Crippen LogP contribution in [0.2, 0.25) is 0 Å². The van der Waals surface area contributed by atoms with Gasteiger partial charge in [-0.25, -0.2) is 0 Å². The van der Waals surface area contributed by atoms with Crippen LogP contribution in [0.4, 0.5) is 11.4 Å². The summed E-state index contributed by atoms with van der Waals surface area (Å²) in [5.74, 6) is 0.868. The average molecular weight is 334 g/mol. The Morgan fingerprint density at radius 3 is 2.60 bits per heavy atom. The van der Waals surface area contributed by atoms with Gasteiger partial charge in [-0.1, -0.05) is 6.07 Å². The minimum absolute atomic E-state index is 0.0567. The van der Waals surface area contributed by atoms with Crippen LogP contribution in [0.3, 0.4) is 0 Å². The Bertz CT molecular complexity index is 643. The van der Waals surface area contributed by atoms with Gasteiger partial charge in [0, 0.05) is 28.8 Å². The average Bonchev–Trinajstić information content (AvgIpc) is 2.46. The summed E-state index contributed by atoms with van der Waals surface area (Å²) in [5.41, 5.74) is 8.19. The van der Waals surface area contributed by atoms with Crippen molar-refractivity contribution in [3.8, 4) is 5.75 Å². The number of rotatable bonds is 4. The summed E-state index contributed by atoms with van der Waals surface area (Å²) in [7, 11) is 3.62. The smallest absolute Gasteiger partial charge is 0.122 e. The number of amidine groups is 1. The van der Waals surface area contributed by atoms with Crippen LogP contribution in [-0.4, -0.2) is 20.0 Å². The highest BCUT2D eigenvalue weighted by atomic mass is 79.9. The first-order valence-electron chi connectivity index (χ1n) is 6.04. The quantitative estimate of drug-likeness (QED) is 0.664. The normalized spacial score (nSPS) is 10.2. The molecule has 2 aromatic rings. The molecule has 0 amide bonds. The maximum atomic E-state index is 7.45. The lowest BCUT2D eigenvalue weighted by atomic mass is 10.1. The van der Waals surface area contributed by atoms with Crippen LogP contribution in [0, 0.1) is 5.41 Å². The van der Waals surface area contributed by atoms with Crippen molar-refractivity contribution in [2.24, 2.45) is 5.73 Å². The molecule has 0 aliphatic rings. The molecule has 3 N–H and O–H groups in total. The van der Waals surface area contributed by atoms with E-state index in [4.69, 9.17) is 15.9 Å². The van der Waals surface area contributed by atoms with Gasteiger partial charge in [0.2, 0.25) is 0 Å². The lowest BCUT2D eigenvalue weighted by molar-refractivity contribution is 0.415. The van der Waals surface area contributed by atoms with Gasteiger partial charge in [-0.15, -0.1) is 0 Å². The van der Waals surface area contributed by atoms with Gasteiger partial charge in [-0.05, 0) is 46.3 Å². The van der Waals surface area contributed by atoms with Gasteiger partial charge >= 0.3 is 0 Å². The highest BCUT2D eigenvalue weighted by Crippen LogP contribution is 2.32. The fraction of sp³-hybridized carbons (Fsp3) is 0.133. The van der Waals surface area contributed by atoms with Crippen molar-refractivity contribution in [1.82, 2.24) is 0 Å². The second kappa shape index (κ2) is 5.96.